The number of nitrogens with zero attached hydrogens (tertiary/aromatic N) is 2. The predicted octanol–water partition coefficient (Wildman–Crippen LogP) is 6.42. The number of piperazine rings is 1. The topological polar surface area (TPSA) is 40.7 Å². The largest absolute Gasteiger partial charge is 0.494 e. The van der Waals surface area contributed by atoms with Crippen molar-refractivity contribution in [2.75, 3.05) is 44.2 Å². The molecule has 0 unspecified atom stereocenters. The van der Waals surface area contributed by atoms with Crippen molar-refractivity contribution in [3.05, 3.63) is 84.1 Å². The van der Waals surface area contributed by atoms with E-state index in [-0.39, 0.29) is 0 Å². The lowest BCUT2D eigenvalue weighted by Gasteiger charge is -2.36. The molecule has 35 heavy (non-hydrogen) atoms. The van der Waals surface area contributed by atoms with Crippen LogP contribution in [0.25, 0.3) is 10.9 Å². The fourth-order valence-electron chi connectivity index (χ4n) is 4.93. The second-order valence-electron chi connectivity index (χ2n) is 9.27. The minimum Gasteiger partial charge on any atom is -0.494 e. The highest BCUT2D eigenvalue weighted by atomic mass is 16.5. The maximum Gasteiger partial charge on any atom is 0.150 e. The first-order valence-corrected chi connectivity index (χ1v) is 12.7. The van der Waals surface area contributed by atoms with Crippen LogP contribution in [0.3, 0.4) is 0 Å². The molecule has 4 aromatic rings. The quantitative estimate of drug-likeness (QED) is 0.307. The molecule has 1 saturated heterocycles. The Hall–Kier alpha value is -3.44. The van der Waals surface area contributed by atoms with Crippen LogP contribution in [0, 0.1) is 6.92 Å². The van der Waals surface area contributed by atoms with E-state index < -0.39 is 0 Å². The van der Waals surface area contributed by atoms with Crippen LogP contribution in [0.15, 0.2) is 72.9 Å². The first-order valence-electron chi connectivity index (χ1n) is 12.7. The molecular weight excluding hydrogens is 434 g/mol. The number of aromatic amines is 1. The standard InChI is InChI=1S/C30H35N3O2/c1-3-34-25-9-6-10-26(21-25)35-30-12-5-4-11-29(30)33-18-16-32(17-19-33)15-7-8-24-22-31-28-14-13-23(2)20-27(24)28/h4-6,9-14,20-22,31H,3,7-8,15-19H2,1-2H3. The Morgan fingerprint density at radius 2 is 1.71 bits per heavy atom. The number of fused-ring (bicyclic) bond motifs is 1. The third-order valence-electron chi connectivity index (χ3n) is 6.77. The third kappa shape index (κ3) is 5.63. The summed E-state index contributed by atoms with van der Waals surface area (Å²) in [4.78, 5) is 8.45. The van der Waals surface area contributed by atoms with E-state index in [1.807, 2.05) is 37.3 Å². The lowest BCUT2D eigenvalue weighted by atomic mass is 10.1. The zero-order chi connectivity index (χ0) is 24.0. The normalized spacial score (nSPS) is 14.4. The highest BCUT2D eigenvalue weighted by molar-refractivity contribution is 5.83. The van der Waals surface area contributed by atoms with Gasteiger partial charge in [-0.25, -0.2) is 0 Å². The SMILES string of the molecule is CCOc1cccc(Oc2ccccc2N2CCN(CCCc3c[nH]c4ccc(C)cc34)CC2)c1. The van der Waals surface area contributed by atoms with E-state index in [9.17, 15) is 0 Å². The van der Waals surface area contributed by atoms with Crippen LogP contribution >= 0.6 is 0 Å². The van der Waals surface area contributed by atoms with Gasteiger partial charge in [-0.15, -0.1) is 0 Å². The van der Waals surface area contributed by atoms with Crippen molar-refractivity contribution in [1.29, 1.82) is 0 Å². The van der Waals surface area contributed by atoms with Gasteiger partial charge in [0, 0.05) is 49.3 Å². The monoisotopic (exact) mass is 469 g/mol. The number of H-pyrrole nitrogens is 1. The van der Waals surface area contributed by atoms with Crippen LogP contribution in [0.5, 0.6) is 17.2 Å². The number of anilines is 1. The van der Waals surface area contributed by atoms with Gasteiger partial charge in [-0.05, 0) is 75.2 Å². The van der Waals surface area contributed by atoms with Gasteiger partial charge in [-0.1, -0.05) is 29.8 Å². The Bertz CT molecular complexity index is 1260. The summed E-state index contributed by atoms with van der Waals surface area (Å²) in [6.45, 7) is 10.1. The summed E-state index contributed by atoms with van der Waals surface area (Å²) >= 11 is 0. The summed E-state index contributed by atoms with van der Waals surface area (Å²) in [7, 11) is 0. The van der Waals surface area contributed by atoms with Gasteiger partial charge in [0.1, 0.15) is 11.5 Å². The lowest BCUT2D eigenvalue weighted by Crippen LogP contribution is -2.46. The van der Waals surface area contributed by atoms with E-state index in [0.29, 0.717) is 6.61 Å². The summed E-state index contributed by atoms with van der Waals surface area (Å²) in [5.41, 5.74) is 5.15. The number of benzene rings is 3. The average Bonchev–Trinajstić information content (AvgIpc) is 3.27. The van der Waals surface area contributed by atoms with Crippen molar-refractivity contribution in [2.45, 2.75) is 26.7 Å². The molecule has 0 radical (unpaired) electrons. The van der Waals surface area contributed by atoms with Crippen LogP contribution in [0.1, 0.15) is 24.5 Å². The smallest absolute Gasteiger partial charge is 0.150 e. The fourth-order valence-corrected chi connectivity index (χ4v) is 4.93. The van der Waals surface area contributed by atoms with Crippen LogP contribution in [0.4, 0.5) is 5.69 Å². The molecule has 3 aromatic carbocycles. The van der Waals surface area contributed by atoms with Crippen LogP contribution in [-0.4, -0.2) is 49.2 Å². The van der Waals surface area contributed by atoms with Crippen molar-refractivity contribution in [3.63, 3.8) is 0 Å². The number of rotatable bonds is 9. The molecule has 1 aliphatic rings. The molecule has 0 atom stereocenters. The molecule has 0 spiro atoms. The number of aryl methyl sites for hydroxylation is 2. The van der Waals surface area contributed by atoms with Crippen molar-refractivity contribution < 1.29 is 9.47 Å². The van der Waals surface area contributed by atoms with Crippen LogP contribution in [-0.2, 0) is 6.42 Å². The molecule has 0 bridgehead atoms. The second-order valence-corrected chi connectivity index (χ2v) is 9.27. The van der Waals surface area contributed by atoms with Gasteiger partial charge in [-0.2, -0.15) is 0 Å². The Balaban J connectivity index is 1.15. The molecule has 1 N–H and O–H groups in total. The first-order chi connectivity index (χ1) is 17.2. The van der Waals surface area contributed by atoms with Gasteiger partial charge in [0.25, 0.3) is 0 Å². The molecule has 2 heterocycles. The fraction of sp³-hybridized carbons (Fsp3) is 0.333. The Morgan fingerprint density at radius 3 is 2.57 bits per heavy atom. The Morgan fingerprint density at radius 1 is 0.886 bits per heavy atom. The van der Waals surface area contributed by atoms with Crippen LogP contribution in [0.2, 0.25) is 0 Å². The summed E-state index contributed by atoms with van der Waals surface area (Å²) in [5.74, 6) is 2.53. The molecule has 0 amide bonds. The zero-order valence-corrected chi connectivity index (χ0v) is 20.8. The Labute approximate surface area is 208 Å². The molecule has 5 rings (SSSR count). The van der Waals surface area contributed by atoms with Gasteiger partial charge < -0.3 is 19.4 Å². The molecule has 5 nitrogen and oxygen atoms in total. The number of para-hydroxylation sites is 2. The van der Waals surface area contributed by atoms with E-state index >= 15 is 0 Å². The number of aromatic nitrogens is 1. The number of ether oxygens (including phenoxy) is 2. The van der Waals surface area contributed by atoms with E-state index in [0.717, 1.165) is 62.1 Å². The van der Waals surface area contributed by atoms with Gasteiger partial charge in [-0.3, -0.25) is 4.90 Å². The first kappa shape index (κ1) is 23.3. The summed E-state index contributed by atoms with van der Waals surface area (Å²) < 4.78 is 11.9. The molecule has 1 aromatic heterocycles. The zero-order valence-electron chi connectivity index (χ0n) is 20.8. The van der Waals surface area contributed by atoms with Gasteiger partial charge >= 0.3 is 0 Å². The maximum absolute atomic E-state index is 6.29. The van der Waals surface area contributed by atoms with E-state index in [1.165, 1.54) is 28.5 Å². The van der Waals surface area contributed by atoms with Crippen molar-refractivity contribution in [3.8, 4) is 17.2 Å². The lowest BCUT2D eigenvalue weighted by molar-refractivity contribution is 0.254. The minimum absolute atomic E-state index is 0.645. The number of hydrogen-bond donors (Lipinski definition) is 1. The summed E-state index contributed by atoms with van der Waals surface area (Å²) in [6.07, 6.45) is 4.47. The molecule has 0 aliphatic carbocycles. The van der Waals surface area contributed by atoms with E-state index in [4.69, 9.17) is 9.47 Å². The highest BCUT2D eigenvalue weighted by Gasteiger charge is 2.20. The Kier molecular flexibility index (Phi) is 7.24. The van der Waals surface area contributed by atoms with Crippen molar-refractivity contribution in [1.82, 2.24) is 9.88 Å². The molecule has 5 heteroatoms. The molecule has 1 fully saturated rings. The minimum atomic E-state index is 0.645. The summed E-state index contributed by atoms with van der Waals surface area (Å²) in [6, 6.07) is 22.9. The second kappa shape index (κ2) is 10.9. The van der Waals surface area contributed by atoms with Crippen LogP contribution < -0.4 is 14.4 Å². The predicted molar refractivity (Wildman–Crippen MR) is 144 cm³/mol. The number of hydrogen-bond acceptors (Lipinski definition) is 4. The molecule has 182 valence electrons. The van der Waals surface area contributed by atoms with Gasteiger partial charge in [0.2, 0.25) is 0 Å². The maximum atomic E-state index is 6.29. The highest BCUT2D eigenvalue weighted by Crippen LogP contribution is 2.34. The van der Waals surface area contributed by atoms with E-state index in [2.05, 4.69) is 64.3 Å². The molecule has 1 aliphatic heterocycles. The number of nitrogens with one attached hydrogen (secondary N) is 1. The average molecular weight is 470 g/mol. The van der Waals surface area contributed by atoms with Crippen molar-refractivity contribution in [2.24, 2.45) is 0 Å². The molecule has 0 saturated carbocycles. The third-order valence-corrected chi connectivity index (χ3v) is 6.77. The van der Waals surface area contributed by atoms with E-state index in [1.54, 1.807) is 0 Å². The molecular formula is C30H35N3O2. The van der Waals surface area contributed by atoms with Crippen molar-refractivity contribution >= 4 is 16.6 Å². The van der Waals surface area contributed by atoms with Gasteiger partial charge in [0.05, 0.1) is 12.3 Å². The van der Waals surface area contributed by atoms with Gasteiger partial charge in [0.15, 0.2) is 5.75 Å². The summed E-state index contributed by atoms with van der Waals surface area (Å²) in [5, 5.41) is 1.37.